The highest BCUT2D eigenvalue weighted by Gasteiger charge is 2.42. The standard InChI is InChI=1S/C47H62N12O11S2/c1-7-11-35-39-41(54(5)52-35)45(60)50-43(48-39)33-29-31(13-15-37(33)67-9-3)71(63,64)58-21-17-56(18-22-58)25-27-69-47(62)70-28-26-57-19-23-59(24-20-57)72(65,66)32-14-16-38(68-10-4)34(30-32)44-49-40-36(12-8-2)53-55(6)42(40)46(61)51-44/h13-16,29-30,41-42H,7-12,17-28H2,1-6H3. The van der Waals surface area contributed by atoms with Crippen LogP contribution in [0.3, 0.4) is 0 Å². The third kappa shape index (κ3) is 11.0. The summed E-state index contributed by atoms with van der Waals surface area (Å²) in [6, 6.07) is 7.56. The number of nitrogens with zero attached hydrogens (tertiary/aromatic N) is 12. The number of hydrazone groups is 2. The maximum Gasteiger partial charge on any atom is 0.508 e. The van der Waals surface area contributed by atoms with Crippen molar-refractivity contribution in [2.24, 2.45) is 30.2 Å². The number of likely N-dealkylation sites (N-methyl/N-ethyl adjacent to an activating group) is 2. The van der Waals surface area contributed by atoms with Gasteiger partial charge in [-0.3, -0.25) is 29.4 Å². The Morgan fingerprint density at radius 2 is 0.972 bits per heavy atom. The molecule has 6 aliphatic rings. The van der Waals surface area contributed by atoms with Crippen LogP contribution in [0.2, 0.25) is 0 Å². The number of fused-ring (bicyclic) bond motifs is 2. The van der Waals surface area contributed by atoms with Crippen LogP contribution in [-0.4, -0.2) is 216 Å². The molecule has 0 aromatic heterocycles. The molecule has 0 N–H and O–H groups in total. The molecule has 23 nitrogen and oxygen atoms in total. The zero-order chi connectivity index (χ0) is 51.3. The fourth-order valence-corrected chi connectivity index (χ4v) is 12.1. The van der Waals surface area contributed by atoms with Crippen LogP contribution in [-0.2, 0) is 39.1 Å². The minimum atomic E-state index is -3.97. The van der Waals surface area contributed by atoms with E-state index in [0.717, 1.165) is 12.8 Å². The number of carbonyl (C=O) groups excluding carboxylic acids is 3. The Kier molecular flexibility index (Phi) is 16.3. The number of amidine groups is 2. The van der Waals surface area contributed by atoms with Crippen molar-refractivity contribution in [3.63, 3.8) is 0 Å². The normalized spacial score (nSPS) is 21.3. The SMILES string of the molecule is CCCC1=NN(C)C2C(=O)N=C(c3cc(S(=O)(=O)N4CCN(CCOC(=O)OCCN5CCN(S(=O)(=O)c6ccc(OCC)c(C7=NC(=O)C8C(=N7)C(CCC)=NN8C)c6)CC5)CC4)ccc3OCC)N=C12. The molecule has 2 amide bonds. The van der Waals surface area contributed by atoms with Gasteiger partial charge in [0.15, 0.2) is 23.8 Å². The van der Waals surface area contributed by atoms with Gasteiger partial charge in [0.2, 0.25) is 20.0 Å². The first kappa shape index (κ1) is 52.3. The monoisotopic (exact) mass is 1030 g/mol. The van der Waals surface area contributed by atoms with Gasteiger partial charge in [-0.15, -0.1) is 0 Å². The molecule has 0 aliphatic carbocycles. The lowest BCUT2D eigenvalue weighted by atomic mass is 10.0. The molecule has 2 fully saturated rings. The number of amides is 2. The molecule has 2 unspecified atom stereocenters. The average Bonchev–Trinajstić information content (AvgIpc) is 3.86. The fourth-order valence-electron chi connectivity index (χ4n) is 9.25. The van der Waals surface area contributed by atoms with Gasteiger partial charge in [0, 0.05) is 79.5 Å². The van der Waals surface area contributed by atoms with Crippen LogP contribution in [0.15, 0.2) is 76.4 Å². The maximum atomic E-state index is 14.0. The molecule has 0 radical (unpaired) electrons. The quantitative estimate of drug-likeness (QED) is 0.173. The third-order valence-electron chi connectivity index (χ3n) is 12.9. The molecular weight excluding hydrogens is 973 g/mol. The number of hydrogen-bond donors (Lipinski definition) is 0. The van der Waals surface area contributed by atoms with Crippen molar-refractivity contribution in [3.05, 3.63) is 47.5 Å². The van der Waals surface area contributed by atoms with Crippen molar-refractivity contribution in [2.75, 3.05) is 106 Å². The highest BCUT2D eigenvalue weighted by molar-refractivity contribution is 7.89. The Morgan fingerprint density at radius 3 is 1.33 bits per heavy atom. The molecule has 6 aliphatic heterocycles. The van der Waals surface area contributed by atoms with Crippen molar-refractivity contribution in [2.45, 2.75) is 75.3 Å². The molecule has 2 atom stereocenters. The summed E-state index contributed by atoms with van der Waals surface area (Å²) in [6.45, 7) is 11.4. The minimum absolute atomic E-state index is 0.0170. The van der Waals surface area contributed by atoms with Crippen LogP contribution in [0.5, 0.6) is 11.5 Å². The van der Waals surface area contributed by atoms with Crippen LogP contribution in [0.1, 0.15) is 64.5 Å². The average molecular weight is 1040 g/mol. The van der Waals surface area contributed by atoms with E-state index in [1.54, 1.807) is 50.1 Å². The Morgan fingerprint density at radius 1 is 0.583 bits per heavy atom. The molecule has 8 rings (SSSR count). The van der Waals surface area contributed by atoms with Gasteiger partial charge in [-0.05, 0) is 63.1 Å². The van der Waals surface area contributed by atoms with Gasteiger partial charge in [0.05, 0.1) is 45.6 Å². The van der Waals surface area contributed by atoms with E-state index in [0.29, 0.717) is 111 Å². The molecule has 2 aromatic rings. The van der Waals surface area contributed by atoms with E-state index in [1.807, 2.05) is 23.6 Å². The number of rotatable bonds is 20. The van der Waals surface area contributed by atoms with Crippen molar-refractivity contribution in [1.29, 1.82) is 0 Å². The van der Waals surface area contributed by atoms with Crippen LogP contribution >= 0.6 is 0 Å². The smallest absolute Gasteiger partial charge is 0.493 e. The Labute approximate surface area is 420 Å². The van der Waals surface area contributed by atoms with Crippen LogP contribution in [0, 0.1) is 0 Å². The fraction of sp³-hybridized carbons (Fsp3) is 0.553. The molecule has 0 spiro atoms. The lowest BCUT2D eigenvalue weighted by Crippen LogP contribution is -2.49. The Hall–Kier alpha value is -5.99. The lowest BCUT2D eigenvalue weighted by molar-refractivity contribution is -0.121. The molecule has 6 heterocycles. The van der Waals surface area contributed by atoms with Gasteiger partial charge < -0.3 is 18.9 Å². The topological polar surface area (TPSA) is 250 Å². The number of benzene rings is 2. The molecule has 2 saturated heterocycles. The van der Waals surface area contributed by atoms with Crippen molar-refractivity contribution in [3.8, 4) is 11.5 Å². The minimum Gasteiger partial charge on any atom is -0.493 e. The first-order chi connectivity index (χ1) is 34.6. The number of ether oxygens (including phenoxy) is 4. The number of aliphatic imine (C=N–C) groups is 4. The van der Waals surface area contributed by atoms with Crippen molar-refractivity contribution >= 4 is 72.5 Å². The van der Waals surface area contributed by atoms with Gasteiger partial charge in [-0.2, -0.15) is 28.8 Å². The van der Waals surface area contributed by atoms with Gasteiger partial charge in [0.25, 0.3) is 11.8 Å². The summed E-state index contributed by atoms with van der Waals surface area (Å²) in [4.78, 5) is 60.9. The molecule has 388 valence electrons. The second-order valence-corrected chi connectivity index (χ2v) is 21.6. The highest BCUT2D eigenvalue weighted by Crippen LogP contribution is 2.32. The van der Waals surface area contributed by atoms with Gasteiger partial charge in [0.1, 0.15) is 36.1 Å². The number of carbonyl (C=O) groups is 3. The lowest BCUT2D eigenvalue weighted by Gasteiger charge is -2.34. The summed E-state index contributed by atoms with van der Waals surface area (Å²) < 4.78 is 81.0. The molecular formula is C47H62N12O11S2. The predicted octanol–water partition coefficient (Wildman–Crippen LogP) is 2.35. The first-order valence-corrected chi connectivity index (χ1v) is 27.3. The highest BCUT2D eigenvalue weighted by atomic mass is 32.2. The maximum absolute atomic E-state index is 14.0. The zero-order valence-electron chi connectivity index (χ0n) is 41.5. The van der Waals surface area contributed by atoms with Crippen LogP contribution < -0.4 is 9.47 Å². The number of piperazine rings is 2. The van der Waals surface area contributed by atoms with Crippen molar-refractivity contribution < 1.29 is 50.2 Å². The summed E-state index contributed by atoms with van der Waals surface area (Å²) in [6.07, 6.45) is 2.02. The van der Waals surface area contributed by atoms with E-state index < -0.39 is 50.1 Å². The molecule has 72 heavy (non-hydrogen) atoms. The third-order valence-corrected chi connectivity index (χ3v) is 16.7. The van der Waals surface area contributed by atoms with Crippen LogP contribution in [0.4, 0.5) is 4.79 Å². The molecule has 0 saturated carbocycles. The molecule has 25 heteroatoms. The number of sulfonamides is 2. The number of hydrogen-bond acceptors (Lipinski definition) is 19. The largest absolute Gasteiger partial charge is 0.508 e. The van der Waals surface area contributed by atoms with Crippen molar-refractivity contribution in [1.82, 2.24) is 28.4 Å². The predicted molar refractivity (Wildman–Crippen MR) is 269 cm³/mol. The second kappa shape index (κ2) is 22.4. The van der Waals surface area contributed by atoms with E-state index in [-0.39, 0.29) is 60.9 Å². The van der Waals surface area contributed by atoms with Crippen LogP contribution in [0.25, 0.3) is 0 Å². The first-order valence-electron chi connectivity index (χ1n) is 24.4. The van der Waals surface area contributed by atoms with E-state index in [2.05, 4.69) is 20.2 Å². The Bertz CT molecular complexity index is 2660. The van der Waals surface area contributed by atoms with E-state index in [9.17, 15) is 31.2 Å². The van der Waals surface area contributed by atoms with E-state index >= 15 is 0 Å². The summed E-state index contributed by atoms with van der Waals surface area (Å²) in [5, 5.41) is 12.1. The summed E-state index contributed by atoms with van der Waals surface area (Å²) in [5.41, 5.74) is 3.00. The summed E-state index contributed by atoms with van der Waals surface area (Å²) in [7, 11) is -4.53. The van der Waals surface area contributed by atoms with Gasteiger partial charge >= 0.3 is 6.16 Å². The molecule has 0 bridgehead atoms. The Balaban J connectivity index is 0.783. The zero-order valence-corrected chi connectivity index (χ0v) is 43.2. The summed E-state index contributed by atoms with van der Waals surface area (Å²) >= 11 is 0. The van der Waals surface area contributed by atoms with E-state index in [4.69, 9.17) is 28.9 Å². The van der Waals surface area contributed by atoms with Gasteiger partial charge in [-0.25, -0.2) is 31.6 Å². The summed E-state index contributed by atoms with van der Waals surface area (Å²) in [5.74, 6) is -0.00830. The van der Waals surface area contributed by atoms with E-state index in [1.165, 1.54) is 32.9 Å². The second-order valence-electron chi connectivity index (χ2n) is 17.7. The van der Waals surface area contributed by atoms with Gasteiger partial charge in [-0.1, -0.05) is 26.7 Å². The molecule has 2 aromatic carbocycles.